The second-order valence-electron chi connectivity index (χ2n) is 7.51. The highest BCUT2D eigenvalue weighted by Gasteiger charge is 2.23. The molecule has 1 heterocycles. The number of methoxy groups -OCH3 is 1. The van der Waals surface area contributed by atoms with E-state index in [0.717, 1.165) is 28.7 Å². The van der Waals surface area contributed by atoms with Crippen molar-refractivity contribution < 1.29 is 14.3 Å². The number of rotatable bonds is 8. The predicted molar refractivity (Wildman–Crippen MR) is 129 cm³/mol. The van der Waals surface area contributed by atoms with E-state index in [1.165, 1.54) is 18.3 Å². The largest absolute Gasteiger partial charge is 0.494 e. The fraction of sp³-hybridized carbons (Fsp3) is 0.348. The molecule has 0 aliphatic heterocycles. The average molecular weight is 462 g/mol. The molecule has 0 aliphatic rings. The minimum Gasteiger partial charge on any atom is -0.494 e. The van der Waals surface area contributed by atoms with Gasteiger partial charge in [-0.25, -0.2) is 4.98 Å². The number of hydrogen-bond donors (Lipinski definition) is 0. The van der Waals surface area contributed by atoms with Crippen molar-refractivity contribution in [3.05, 3.63) is 53.1 Å². The SMILES string of the molecule is COc1ccc(C)c2sc(N(CCCN(C)C)C(=O)c3ccc(C(C)=O)cc3)nc12.Cl. The van der Waals surface area contributed by atoms with Crippen molar-refractivity contribution in [3.63, 3.8) is 0 Å². The van der Waals surface area contributed by atoms with Crippen LogP contribution in [0.4, 0.5) is 5.13 Å². The molecule has 3 aromatic rings. The maximum atomic E-state index is 13.4. The van der Waals surface area contributed by atoms with Crippen molar-refractivity contribution >= 4 is 50.8 Å². The van der Waals surface area contributed by atoms with Crippen LogP contribution >= 0.6 is 23.7 Å². The van der Waals surface area contributed by atoms with Crippen LogP contribution in [0.15, 0.2) is 36.4 Å². The van der Waals surface area contributed by atoms with Crippen LogP contribution in [0, 0.1) is 6.92 Å². The molecule has 0 aliphatic carbocycles. The Hall–Kier alpha value is -2.48. The van der Waals surface area contributed by atoms with Gasteiger partial charge in [-0.2, -0.15) is 0 Å². The third kappa shape index (κ3) is 5.61. The van der Waals surface area contributed by atoms with Gasteiger partial charge >= 0.3 is 0 Å². The van der Waals surface area contributed by atoms with Gasteiger partial charge in [0.15, 0.2) is 10.9 Å². The summed E-state index contributed by atoms with van der Waals surface area (Å²) in [6.45, 7) is 4.95. The molecule has 0 unspecified atom stereocenters. The van der Waals surface area contributed by atoms with E-state index in [2.05, 4.69) is 4.90 Å². The summed E-state index contributed by atoms with van der Waals surface area (Å²) in [5, 5.41) is 0.650. The quantitative estimate of drug-likeness (QED) is 0.449. The highest BCUT2D eigenvalue weighted by molar-refractivity contribution is 7.22. The summed E-state index contributed by atoms with van der Waals surface area (Å²) < 4.78 is 6.49. The van der Waals surface area contributed by atoms with Crippen LogP contribution in [-0.2, 0) is 0 Å². The summed E-state index contributed by atoms with van der Waals surface area (Å²) in [5.41, 5.74) is 3.00. The van der Waals surface area contributed by atoms with Crippen molar-refractivity contribution in [2.45, 2.75) is 20.3 Å². The Balaban J connectivity index is 0.00000341. The standard InChI is InChI=1S/C23H27N3O3S.ClH/c1-15-7-12-19(29-5)20-21(15)30-23(24-20)26(14-6-13-25(3)4)22(28)18-10-8-17(9-11-18)16(2)27;/h7-12H,6,13-14H2,1-5H3;1H. The van der Waals surface area contributed by atoms with E-state index in [1.54, 1.807) is 36.3 Å². The number of aromatic nitrogens is 1. The van der Waals surface area contributed by atoms with E-state index < -0.39 is 0 Å². The van der Waals surface area contributed by atoms with Crippen molar-refractivity contribution in [3.8, 4) is 5.75 Å². The van der Waals surface area contributed by atoms with E-state index in [-0.39, 0.29) is 24.1 Å². The third-order valence-electron chi connectivity index (χ3n) is 4.91. The minimum atomic E-state index is -0.125. The zero-order valence-corrected chi connectivity index (χ0v) is 20.1. The summed E-state index contributed by atoms with van der Waals surface area (Å²) >= 11 is 1.50. The number of thiazole rings is 1. The Bertz CT molecular complexity index is 1060. The first kappa shape index (κ1) is 24.8. The predicted octanol–water partition coefficient (Wildman–Crippen LogP) is 4.84. The van der Waals surface area contributed by atoms with Crippen LogP contribution in [0.2, 0.25) is 0 Å². The number of amides is 1. The lowest BCUT2D eigenvalue weighted by Crippen LogP contribution is -2.33. The monoisotopic (exact) mass is 461 g/mol. The molecule has 31 heavy (non-hydrogen) atoms. The smallest absolute Gasteiger partial charge is 0.260 e. The Kier molecular flexibility index (Phi) is 8.56. The summed E-state index contributed by atoms with van der Waals surface area (Å²) in [6, 6.07) is 10.7. The maximum Gasteiger partial charge on any atom is 0.260 e. The zero-order valence-electron chi connectivity index (χ0n) is 18.5. The number of ether oxygens (including phenoxy) is 1. The van der Waals surface area contributed by atoms with Gasteiger partial charge in [0.1, 0.15) is 11.3 Å². The molecule has 0 saturated heterocycles. The Morgan fingerprint density at radius 2 is 1.68 bits per heavy atom. The molecule has 8 heteroatoms. The number of carbonyl (C=O) groups is 2. The lowest BCUT2D eigenvalue weighted by molar-refractivity contribution is 0.0981. The molecule has 1 aromatic heterocycles. The molecule has 0 radical (unpaired) electrons. The first-order valence-corrected chi connectivity index (χ1v) is 10.6. The normalized spacial score (nSPS) is 10.8. The fourth-order valence-electron chi connectivity index (χ4n) is 3.21. The maximum absolute atomic E-state index is 13.4. The number of carbonyl (C=O) groups excluding carboxylic acids is 2. The molecule has 1 amide bonds. The van der Waals surface area contributed by atoms with Gasteiger partial charge in [0.25, 0.3) is 5.91 Å². The van der Waals surface area contributed by atoms with Gasteiger partial charge in [0, 0.05) is 17.7 Å². The summed E-state index contributed by atoms with van der Waals surface area (Å²) in [4.78, 5) is 33.5. The van der Waals surface area contributed by atoms with Gasteiger partial charge < -0.3 is 9.64 Å². The highest BCUT2D eigenvalue weighted by Crippen LogP contribution is 2.36. The zero-order chi connectivity index (χ0) is 21.8. The van der Waals surface area contributed by atoms with Crippen LogP contribution in [-0.4, -0.2) is 55.9 Å². The summed E-state index contributed by atoms with van der Waals surface area (Å²) in [6.07, 6.45) is 0.816. The number of fused-ring (bicyclic) bond motifs is 1. The lowest BCUT2D eigenvalue weighted by atomic mass is 10.1. The first-order valence-electron chi connectivity index (χ1n) is 9.83. The van der Waals surface area contributed by atoms with Crippen molar-refractivity contribution in [2.75, 3.05) is 39.2 Å². The van der Waals surface area contributed by atoms with Crippen LogP contribution in [0.3, 0.4) is 0 Å². The van der Waals surface area contributed by atoms with Crippen LogP contribution in [0.1, 0.15) is 39.6 Å². The Morgan fingerprint density at radius 3 is 2.26 bits per heavy atom. The molecule has 0 saturated carbocycles. The lowest BCUT2D eigenvalue weighted by Gasteiger charge is -2.21. The molecule has 0 N–H and O–H groups in total. The molecule has 2 aromatic carbocycles. The third-order valence-corrected chi connectivity index (χ3v) is 6.13. The molecule has 166 valence electrons. The number of benzene rings is 2. The van der Waals surface area contributed by atoms with Gasteiger partial charge in [-0.05, 0) is 64.7 Å². The molecule has 0 bridgehead atoms. The van der Waals surface area contributed by atoms with E-state index in [9.17, 15) is 9.59 Å². The topological polar surface area (TPSA) is 62.7 Å². The molecule has 0 spiro atoms. The molecular weight excluding hydrogens is 434 g/mol. The first-order chi connectivity index (χ1) is 14.3. The minimum absolute atomic E-state index is 0. The number of hydrogen-bond acceptors (Lipinski definition) is 6. The molecule has 6 nitrogen and oxygen atoms in total. The van der Waals surface area contributed by atoms with Crippen molar-refractivity contribution in [1.29, 1.82) is 0 Å². The van der Waals surface area contributed by atoms with Crippen LogP contribution in [0.5, 0.6) is 5.75 Å². The molecule has 3 rings (SSSR count). The highest BCUT2D eigenvalue weighted by atomic mass is 35.5. The van der Waals surface area contributed by atoms with Gasteiger partial charge in [0.2, 0.25) is 0 Å². The van der Waals surface area contributed by atoms with Gasteiger partial charge in [-0.3, -0.25) is 14.5 Å². The van der Waals surface area contributed by atoms with E-state index in [1.807, 2.05) is 33.2 Å². The Morgan fingerprint density at radius 1 is 1.03 bits per heavy atom. The molecule has 0 fully saturated rings. The van der Waals surface area contributed by atoms with E-state index in [4.69, 9.17) is 9.72 Å². The number of nitrogens with zero attached hydrogens (tertiary/aromatic N) is 3. The number of anilines is 1. The second-order valence-corrected chi connectivity index (χ2v) is 8.48. The summed E-state index contributed by atoms with van der Waals surface area (Å²) in [5.74, 6) is 0.551. The number of ketones is 1. The molecule has 0 atom stereocenters. The van der Waals surface area contributed by atoms with Gasteiger partial charge in [0.05, 0.1) is 11.8 Å². The second kappa shape index (κ2) is 10.7. The van der Waals surface area contributed by atoms with E-state index in [0.29, 0.717) is 28.6 Å². The fourth-order valence-corrected chi connectivity index (χ4v) is 4.29. The van der Waals surface area contributed by atoms with Crippen LogP contribution in [0.25, 0.3) is 10.2 Å². The molecular formula is C23H28ClN3O3S. The summed E-state index contributed by atoms with van der Waals surface area (Å²) in [7, 11) is 5.65. The number of aryl methyl sites for hydroxylation is 1. The number of halogens is 1. The Labute approximate surface area is 193 Å². The number of Topliss-reactive ketones (excluding diaryl/α,β-unsaturated/α-hetero) is 1. The van der Waals surface area contributed by atoms with Crippen molar-refractivity contribution in [2.24, 2.45) is 0 Å². The van der Waals surface area contributed by atoms with E-state index >= 15 is 0 Å². The van der Waals surface area contributed by atoms with Gasteiger partial charge in [-0.1, -0.05) is 29.5 Å². The average Bonchev–Trinajstić information content (AvgIpc) is 3.17. The van der Waals surface area contributed by atoms with Crippen molar-refractivity contribution in [1.82, 2.24) is 9.88 Å². The van der Waals surface area contributed by atoms with Gasteiger partial charge in [-0.15, -0.1) is 12.4 Å². The van der Waals surface area contributed by atoms with Crippen LogP contribution < -0.4 is 9.64 Å².